The summed E-state index contributed by atoms with van der Waals surface area (Å²) in [5.74, 6) is 0. The van der Waals surface area contributed by atoms with Gasteiger partial charge in [0.2, 0.25) is 0 Å². The Morgan fingerprint density at radius 1 is 1.08 bits per heavy atom. The third kappa shape index (κ3) is 6.06. The molecule has 0 aliphatic carbocycles. The van der Waals surface area contributed by atoms with Crippen molar-refractivity contribution in [2.24, 2.45) is 0 Å². The van der Waals surface area contributed by atoms with Gasteiger partial charge in [0.15, 0.2) is 0 Å². The lowest BCUT2D eigenvalue weighted by atomic mass is 10.3. The molecule has 0 rings (SSSR count). The van der Waals surface area contributed by atoms with Crippen molar-refractivity contribution >= 4 is 22.6 Å². The molecule has 0 aromatic heterocycles. The Morgan fingerprint density at radius 2 is 1.50 bits per heavy atom. The molecule has 1 unspecified atom stereocenters. The molecule has 0 aliphatic rings. The van der Waals surface area contributed by atoms with Crippen molar-refractivity contribution in [2.75, 3.05) is 5.08 Å². The Balaban J connectivity index is 3.90. The molecule has 0 bridgehead atoms. The fourth-order valence-electron chi connectivity index (χ4n) is 0.407. The summed E-state index contributed by atoms with van der Waals surface area (Å²) in [5, 5.41) is 0.743. The summed E-state index contributed by atoms with van der Waals surface area (Å²) in [5.41, 5.74) is 0. The maximum absolute atomic E-state index is 11.6. The molecule has 1 nitrogen and oxygen atoms in total. The highest BCUT2D eigenvalue weighted by Crippen LogP contribution is 2.26. The summed E-state index contributed by atoms with van der Waals surface area (Å²) >= 11 is 1.77. The van der Waals surface area contributed by atoms with E-state index in [1.54, 1.807) is 11.8 Å². The van der Waals surface area contributed by atoms with E-state index in [9.17, 15) is 4.21 Å². The molecular formula is C9H20OS2. The summed E-state index contributed by atoms with van der Waals surface area (Å²) in [6.45, 7) is 12.5. The molecule has 0 aromatic carbocycles. The van der Waals surface area contributed by atoms with E-state index in [1.807, 2.05) is 20.8 Å². The fraction of sp³-hybridized carbons (Fsp3) is 1.00. The van der Waals surface area contributed by atoms with Crippen molar-refractivity contribution in [1.82, 2.24) is 0 Å². The monoisotopic (exact) mass is 208 g/mol. The van der Waals surface area contributed by atoms with Gasteiger partial charge in [0.1, 0.15) is 0 Å². The number of rotatable bonds is 2. The molecule has 0 aromatic rings. The van der Waals surface area contributed by atoms with Crippen LogP contribution in [-0.4, -0.2) is 18.8 Å². The molecule has 0 amide bonds. The van der Waals surface area contributed by atoms with E-state index in [4.69, 9.17) is 0 Å². The molecule has 0 spiro atoms. The van der Waals surface area contributed by atoms with Crippen molar-refractivity contribution in [3.63, 3.8) is 0 Å². The van der Waals surface area contributed by atoms with Crippen LogP contribution in [0.25, 0.3) is 0 Å². The van der Waals surface area contributed by atoms with Gasteiger partial charge < -0.3 is 0 Å². The zero-order valence-electron chi connectivity index (χ0n) is 8.93. The predicted octanol–water partition coefficient (Wildman–Crippen LogP) is 3.02. The maximum Gasteiger partial charge on any atom is 0.0702 e. The Labute approximate surface area is 83.2 Å². The fourth-order valence-corrected chi connectivity index (χ4v) is 3.66. The third-order valence-corrected chi connectivity index (χ3v) is 4.84. The van der Waals surface area contributed by atoms with E-state index in [0.717, 1.165) is 5.08 Å². The first-order valence-corrected chi connectivity index (χ1v) is 6.46. The van der Waals surface area contributed by atoms with Gasteiger partial charge in [-0.25, -0.2) is 0 Å². The van der Waals surface area contributed by atoms with Crippen LogP contribution in [0, 0.1) is 0 Å². The SMILES string of the molecule is CC(C)(C)SCS(=O)C(C)(C)C. The van der Waals surface area contributed by atoms with Gasteiger partial charge in [-0.2, -0.15) is 0 Å². The van der Waals surface area contributed by atoms with Crippen molar-refractivity contribution in [1.29, 1.82) is 0 Å². The molecule has 0 aliphatic heterocycles. The summed E-state index contributed by atoms with van der Waals surface area (Å²) in [4.78, 5) is 0. The maximum atomic E-state index is 11.6. The molecule has 74 valence electrons. The smallest absolute Gasteiger partial charge is 0.0702 e. The molecular weight excluding hydrogens is 188 g/mol. The lowest BCUT2D eigenvalue weighted by Crippen LogP contribution is -2.24. The van der Waals surface area contributed by atoms with Crippen LogP contribution in [0.2, 0.25) is 0 Å². The summed E-state index contributed by atoms with van der Waals surface area (Å²) in [6, 6.07) is 0. The van der Waals surface area contributed by atoms with Crippen LogP contribution in [-0.2, 0) is 10.8 Å². The van der Waals surface area contributed by atoms with Crippen molar-refractivity contribution in [2.45, 2.75) is 51.0 Å². The minimum Gasteiger partial charge on any atom is -0.258 e. The Bertz CT molecular complexity index is 162. The van der Waals surface area contributed by atoms with Crippen LogP contribution < -0.4 is 0 Å². The quantitative estimate of drug-likeness (QED) is 0.694. The van der Waals surface area contributed by atoms with E-state index >= 15 is 0 Å². The first kappa shape index (κ1) is 12.5. The highest BCUT2D eigenvalue weighted by molar-refractivity contribution is 8.11. The molecule has 3 heteroatoms. The Morgan fingerprint density at radius 3 is 1.75 bits per heavy atom. The van der Waals surface area contributed by atoms with Gasteiger partial charge in [0.25, 0.3) is 0 Å². The summed E-state index contributed by atoms with van der Waals surface area (Å²) in [7, 11) is -0.721. The van der Waals surface area contributed by atoms with Crippen LogP contribution in [0.4, 0.5) is 0 Å². The lowest BCUT2D eigenvalue weighted by Gasteiger charge is -2.22. The average Bonchev–Trinajstić information content (AvgIpc) is 1.78. The normalized spacial score (nSPS) is 16.2. The zero-order chi connectivity index (χ0) is 9.99. The number of hydrogen-bond acceptors (Lipinski definition) is 2. The van der Waals surface area contributed by atoms with Gasteiger partial charge in [-0.05, 0) is 20.8 Å². The summed E-state index contributed by atoms with van der Waals surface area (Å²) < 4.78 is 11.8. The van der Waals surface area contributed by atoms with Gasteiger partial charge in [-0.1, -0.05) is 20.8 Å². The topological polar surface area (TPSA) is 17.1 Å². The predicted molar refractivity (Wildman–Crippen MR) is 60.1 cm³/mol. The molecule has 0 saturated heterocycles. The van der Waals surface area contributed by atoms with Crippen molar-refractivity contribution in [3.8, 4) is 0 Å². The molecule has 0 N–H and O–H groups in total. The second-order valence-corrected chi connectivity index (χ2v) is 9.20. The largest absolute Gasteiger partial charge is 0.258 e. The third-order valence-electron chi connectivity index (χ3n) is 1.28. The van der Waals surface area contributed by atoms with Crippen molar-refractivity contribution < 1.29 is 4.21 Å². The molecule has 0 heterocycles. The molecule has 0 radical (unpaired) electrons. The number of thioether (sulfide) groups is 1. The average molecular weight is 208 g/mol. The van der Waals surface area contributed by atoms with Gasteiger partial charge in [-0.3, -0.25) is 4.21 Å². The Kier molecular flexibility index (Phi) is 4.31. The minimum absolute atomic E-state index is 0.0712. The first-order valence-electron chi connectivity index (χ1n) is 4.15. The van der Waals surface area contributed by atoms with E-state index < -0.39 is 10.8 Å². The van der Waals surface area contributed by atoms with Gasteiger partial charge in [0, 0.05) is 20.3 Å². The van der Waals surface area contributed by atoms with Crippen LogP contribution >= 0.6 is 11.8 Å². The van der Waals surface area contributed by atoms with Crippen molar-refractivity contribution in [3.05, 3.63) is 0 Å². The van der Waals surface area contributed by atoms with Crippen LogP contribution in [0.5, 0.6) is 0 Å². The standard InChI is InChI=1S/C9H20OS2/c1-8(2,3)11-7-12(10)9(4,5)6/h7H2,1-6H3. The van der Waals surface area contributed by atoms with Crippen LogP contribution in [0.3, 0.4) is 0 Å². The molecule has 0 saturated carbocycles. The highest BCUT2D eigenvalue weighted by atomic mass is 32.2. The zero-order valence-corrected chi connectivity index (χ0v) is 10.6. The minimum atomic E-state index is -0.721. The molecule has 12 heavy (non-hydrogen) atoms. The van der Waals surface area contributed by atoms with E-state index in [2.05, 4.69) is 20.8 Å². The Hall–Kier alpha value is 0.500. The highest BCUT2D eigenvalue weighted by Gasteiger charge is 2.21. The van der Waals surface area contributed by atoms with Gasteiger partial charge in [-0.15, -0.1) is 11.8 Å². The van der Waals surface area contributed by atoms with Crippen LogP contribution in [0.15, 0.2) is 0 Å². The van der Waals surface area contributed by atoms with Gasteiger partial charge in [0.05, 0.1) is 5.08 Å². The second kappa shape index (κ2) is 4.14. The lowest BCUT2D eigenvalue weighted by molar-refractivity contribution is 0.652. The van der Waals surface area contributed by atoms with Gasteiger partial charge >= 0.3 is 0 Å². The van der Waals surface area contributed by atoms with E-state index in [-0.39, 0.29) is 9.49 Å². The second-order valence-electron chi connectivity index (χ2n) is 4.83. The molecule has 0 fully saturated rings. The molecule has 1 atom stereocenters. The summed E-state index contributed by atoms with van der Waals surface area (Å²) in [6.07, 6.45) is 0. The first-order chi connectivity index (χ1) is 5.13. The van der Waals surface area contributed by atoms with E-state index in [1.165, 1.54) is 0 Å². The van der Waals surface area contributed by atoms with Crippen LogP contribution in [0.1, 0.15) is 41.5 Å². The number of hydrogen-bond donors (Lipinski definition) is 0. The van der Waals surface area contributed by atoms with E-state index in [0.29, 0.717) is 0 Å².